The van der Waals surface area contributed by atoms with Gasteiger partial charge in [-0.25, -0.2) is 0 Å². The second-order valence-corrected chi connectivity index (χ2v) is 1.02. The van der Waals surface area contributed by atoms with E-state index >= 15 is 0 Å². The van der Waals surface area contributed by atoms with Crippen molar-refractivity contribution in [2.45, 2.75) is 6.92 Å². The van der Waals surface area contributed by atoms with E-state index in [0.29, 0.717) is 0 Å². The summed E-state index contributed by atoms with van der Waals surface area (Å²) < 4.78 is 0. The van der Waals surface area contributed by atoms with E-state index in [1.807, 2.05) is 0 Å². The number of aliphatic carboxylic acids is 2. The van der Waals surface area contributed by atoms with Gasteiger partial charge in [0.1, 0.15) is 0 Å². The molecule has 0 aliphatic heterocycles. The van der Waals surface area contributed by atoms with Crippen molar-refractivity contribution in [3.8, 4) is 0 Å². The molecule has 0 radical (unpaired) electrons. The third-order valence-corrected chi connectivity index (χ3v) is 0.129. The van der Waals surface area contributed by atoms with Crippen LogP contribution in [0.25, 0.3) is 0 Å². The van der Waals surface area contributed by atoms with E-state index in [1.54, 1.807) is 0 Å². The fourth-order valence-corrected chi connectivity index (χ4v) is 0. The number of aliphatic hydroxyl groups is 1. The van der Waals surface area contributed by atoms with Crippen LogP contribution in [-0.2, 0) is 9.59 Å². The predicted molar refractivity (Wildman–Crippen MR) is 22.8 cm³/mol. The molecule has 0 aliphatic rings. The molecule has 0 atom stereocenters. The van der Waals surface area contributed by atoms with Crippen LogP contribution in [0.5, 0.6) is 0 Å². The zero-order chi connectivity index (χ0) is 7.86. The van der Waals surface area contributed by atoms with Crippen molar-refractivity contribution in [3.63, 3.8) is 0 Å². The first-order valence-electron chi connectivity index (χ1n) is 1.99. The van der Waals surface area contributed by atoms with Crippen molar-refractivity contribution in [2.75, 3.05) is 6.61 Å². The molecule has 0 rings (SSSR count). The Morgan fingerprint density at radius 3 is 1.36 bits per heavy atom. The molecular weight excluding hydrogens is 174 g/mol. The molecular formula is C4H6Na2O5. The average Bonchev–Trinajstić information content (AvgIpc) is 1.65. The van der Waals surface area contributed by atoms with Crippen molar-refractivity contribution in [3.05, 3.63) is 0 Å². The minimum absolute atomic E-state index is 0. The van der Waals surface area contributed by atoms with Gasteiger partial charge in [0.15, 0.2) is 0 Å². The van der Waals surface area contributed by atoms with Gasteiger partial charge < -0.3 is 24.9 Å². The number of carbonyl (C=O) groups excluding carboxylic acids is 2. The number of hydrogen-bond donors (Lipinski definition) is 1. The van der Waals surface area contributed by atoms with Gasteiger partial charge >= 0.3 is 59.1 Å². The summed E-state index contributed by atoms with van der Waals surface area (Å²) in [7, 11) is 0. The number of hydrogen-bond acceptors (Lipinski definition) is 5. The molecule has 0 heterocycles. The molecule has 7 heteroatoms. The molecule has 0 aliphatic carbocycles. The first-order valence-corrected chi connectivity index (χ1v) is 1.99. The Kier molecular flexibility index (Phi) is 35.3. The van der Waals surface area contributed by atoms with Crippen molar-refractivity contribution in [1.82, 2.24) is 0 Å². The van der Waals surface area contributed by atoms with Crippen LogP contribution in [0.4, 0.5) is 0 Å². The molecule has 0 saturated carbocycles. The van der Waals surface area contributed by atoms with Gasteiger partial charge in [-0.05, 0) is 6.92 Å². The van der Waals surface area contributed by atoms with Crippen LogP contribution in [-0.4, -0.2) is 23.7 Å². The van der Waals surface area contributed by atoms with Gasteiger partial charge in [-0.2, -0.15) is 0 Å². The molecule has 5 nitrogen and oxygen atoms in total. The van der Waals surface area contributed by atoms with E-state index in [-0.39, 0.29) is 59.1 Å². The third kappa shape index (κ3) is 103. The number of carbonyl (C=O) groups is 2. The van der Waals surface area contributed by atoms with Crippen molar-refractivity contribution < 1.29 is 84.0 Å². The summed E-state index contributed by atoms with van der Waals surface area (Å²) in [4.78, 5) is 17.9. The second kappa shape index (κ2) is 17.1. The van der Waals surface area contributed by atoms with E-state index in [1.165, 1.54) is 0 Å². The van der Waals surface area contributed by atoms with Crippen molar-refractivity contribution >= 4 is 11.9 Å². The molecule has 1 N–H and O–H groups in total. The Balaban J connectivity index is -0.0000000383. The topological polar surface area (TPSA) is 100 Å². The van der Waals surface area contributed by atoms with Crippen molar-refractivity contribution in [1.29, 1.82) is 0 Å². The summed E-state index contributed by atoms with van der Waals surface area (Å²) >= 11 is 0. The Hall–Kier alpha value is 0.900. The molecule has 0 saturated heterocycles. The van der Waals surface area contributed by atoms with E-state index in [0.717, 1.165) is 6.92 Å². The maximum atomic E-state index is 9.01. The summed E-state index contributed by atoms with van der Waals surface area (Å²) in [6, 6.07) is 0. The maximum Gasteiger partial charge on any atom is 1.00 e. The zero-order valence-corrected chi connectivity index (χ0v) is 10.8. The molecule has 0 spiro atoms. The van der Waals surface area contributed by atoms with Crippen LogP contribution in [0, 0.1) is 0 Å². The van der Waals surface area contributed by atoms with Gasteiger partial charge in [0.25, 0.3) is 0 Å². The second-order valence-electron chi connectivity index (χ2n) is 1.02. The van der Waals surface area contributed by atoms with Crippen LogP contribution < -0.4 is 69.3 Å². The maximum absolute atomic E-state index is 9.01. The first-order chi connectivity index (χ1) is 4.00. The van der Waals surface area contributed by atoms with Gasteiger partial charge in [0.05, 0.1) is 12.6 Å². The molecule has 54 valence electrons. The largest absolute Gasteiger partial charge is 1.00 e. The fraction of sp³-hybridized carbons (Fsp3) is 0.500. The minimum atomic E-state index is -1.44. The van der Waals surface area contributed by atoms with Crippen LogP contribution in [0.15, 0.2) is 0 Å². The molecule has 0 fully saturated rings. The molecule has 0 bridgehead atoms. The summed E-state index contributed by atoms with van der Waals surface area (Å²) in [5.41, 5.74) is 0. The van der Waals surface area contributed by atoms with Crippen LogP contribution in [0.1, 0.15) is 6.92 Å². The summed E-state index contributed by atoms with van der Waals surface area (Å²) in [6.07, 6.45) is 0. The molecule has 11 heavy (non-hydrogen) atoms. The van der Waals surface area contributed by atoms with E-state index in [2.05, 4.69) is 0 Å². The van der Waals surface area contributed by atoms with Gasteiger partial charge in [-0.1, -0.05) is 0 Å². The first kappa shape index (κ1) is 22.7. The van der Waals surface area contributed by atoms with Gasteiger partial charge in [0.2, 0.25) is 0 Å². The number of carboxylic acid groups (broad SMARTS) is 2. The van der Waals surface area contributed by atoms with E-state index in [4.69, 9.17) is 24.9 Å². The monoisotopic (exact) mass is 180 g/mol. The Morgan fingerprint density at radius 2 is 1.36 bits per heavy atom. The molecule has 0 amide bonds. The minimum Gasteiger partial charge on any atom is -0.550 e. The third-order valence-electron chi connectivity index (χ3n) is 0.129. The van der Waals surface area contributed by atoms with E-state index < -0.39 is 18.5 Å². The molecule has 0 aromatic carbocycles. The summed E-state index contributed by atoms with van der Waals surface area (Å²) in [6.45, 7) is 0.0833. The predicted octanol–water partition coefficient (Wildman–Crippen LogP) is -9.51. The molecule has 0 unspecified atom stereocenters. The van der Waals surface area contributed by atoms with Crippen LogP contribution in [0.2, 0.25) is 0 Å². The quantitative estimate of drug-likeness (QED) is 0.404. The Morgan fingerprint density at radius 1 is 1.27 bits per heavy atom. The smallest absolute Gasteiger partial charge is 0.550 e. The SMILES string of the molecule is CC(=O)[O-].O=C([O-])CO.[Na+].[Na+]. The standard InChI is InChI=1S/C2H4O3.C2H4O2.2Na/c3-1-2(4)5;1-2(3)4;;/h3H,1H2,(H,4,5);1H3,(H,3,4);;/q;;2*+1/p-2. The van der Waals surface area contributed by atoms with Crippen molar-refractivity contribution in [2.24, 2.45) is 0 Å². The number of rotatable bonds is 1. The molecule has 0 aromatic heterocycles. The Bertz CT molecular complexity index is 101. The average molecular weight is 180 g/mol. The van der Waals surface area contributed by atoms with E-state index in [9.17, 15) is 0 Å². The van der Waals surface area contributed by atoms with Gasteiger partial charge in [-0.3, -0.25) is 0 Å². The number of carboxylic acids is 2. The van der Waals surface area contributed by atoms with Crippen LogP contribution in [0.3, 0.4) is 0 Å². The summed E-state index contributed by atoms with van der Waals surface area (Å²) in [5.74, 6) is -2.52. The normalized spacial score (nSPS) is 5.64. The van der Waals surface area contributed by atoms with Gasteiger partial charge in [-0.15, -0.1) is 0 Å². The summed E-state index contributed by atoms with van der Waals surface area (Å²) in [5, 5.41) is 25.4. The zero-order valence-electron chi connectivity index (χ0n) is 6.79. The molecule has 0 aromatic rings. The van der Waals surface area contributed by atoms with Crippen LogP contribution >= 0.6 is 0 Å². The fourth-order valence-electron chi connectivity index (χ4n) is 0. The van der Waals surface area contributed by atoms with Gasteiger partial charge in [0, 0.05) is 5.97 Å². The number of aliphatic hydroxyl groups excluding tert-OH is 1. The Labute approximate surface area is 108 Å².